The highest BCUT2D eigenvalue weighted by atomic mass is 32.2. The minimum atomic E-state index is -0.803. The van der Waals surface area contributed by atoms with Crippen molar-refractivity contribution in [3.63, 3.8) is 0 Å². The van der Waals surface area contributed by atoms with Gasteiger partial charge in [0, 0.05) is 5.56 Å². The van der Waals surface area contributed by atoms with Crippen LogP contribution in [0.1, 0.15) is 22.1 Å². The summed E-state index contributed by atoms with van der Waals surface area (Å²) in [5.74, 6) is 0.278. The summed E-state index contributed by atoms with van der Waals surface area (Å²) >= 11 is 6.34. The summed E-state index contributed by atoms with van der Waals surface area (Å²) in [4.78, 5) is 23.9. The lowest BCUT2D eigenvalue weighted by Gasteiger charge is -2.21. The molecule has 7 nitrogen and oxygen atoms in total. The normalized spacial score (nSPS) is 20.2. The number of carbonyl (C=O) groups is 2. The minimum absolute atomic E-state index is 0.181. The number of hydrogen-bond donors (Lipinski definition) is 1. The fourth-order valence-corrected chi connectivity index (χ4v) is 3.28. The average Bonchev–Trinajstić information content (AvgIpc) is 3.01. The van der Waals surface area contributed by atoms with Crippen molar-refractivity contribution >= 4 is 40.2 Å². The molecule has 2 heterocycles. The van der Waals surface area contributed by atoms with Crippen molar-refractivity contribution in [2.24, 2.45) is 0 Å². The van der Waals surface area contributed by atoms with Crippen LogP contribution in [0.5, 0.6) is 11.5 Å². The summed E-state index contributed by atoms with van der Waals surface area (Å²) in [6.45, 7) is 0. The van der Waals surface area contributed by atoms with Crippen molar-refractivity contribution in [3.8, 4) is 11.5 Å². The van der Waals surface area contributed by atoms with Crippen molar-refractivity contribution in [3.05, 3.63) is 23.3 Å². The number of esters is 1. The summed E-state index contributed by atoms with van der Waals surface area (Å²) in [5, 5.41) is 1.23. The third kappa shape index (κ3) is 2.31. The maximum absolute atomic E-state index is 12.1. The number of rotatable bonds is 4. The number of hydrogen-bond acceptors (Lipinski definition) is 8. The molecule has 9 heteroatoms. The molecular formula is C13H12N2O5S2. The van der Waals surface area contributed by atoms with Gasteiger partial charge in [-0.05, 0) is 12.1 Å². The molecular weight excluding hydrogens is 328 g/mol. The molecule has 1 fully saturated rings. The third-order valence-corrected chi connectivity index (χ3v) is 4.64. The van der Waals surface area contributed by atoms with Gasteiger partial charge in [-0.25, -0.2) is 9.80 Å². The number of fused-ring (bicyclic) bond motifs is 1. The molecule has 0 radical (unpaired) electrons. The van der Waals surface area contributed by atoms with E-state index in [1.165, 1.54) is 31.0 Å². The predicted octanol–water partition coefficient (Wildman–Crippen LogP) is 1.24. The van der Waals surface area contributed by atoms with E-state index in [1.54, 1.807) is 12.1 Å². The number of hydrazine groups is 1. The average molecular weight is 340 g/mol. The highest BCUT2D eigenvalue weighted by Gasteiger charge is 2.39. The van der Waals surface area contributed by atoms with E-state index in [9.17, 15) is 9.59 Å². The van der Waals surface area contributed by atoms with Crippen LogP contribution >= 0.6 is 24.0 Å². The van der Waals surface area contributed by atoms with Gasteiger partial charge in [0.05, 0.1) is 20.0 Å². The van der Waals surface area contributed by atoms with Crippen LogP contribution in [-0.2, 0) is 9.53 Å². The number of amides is 1. The van der Waals surface area contributed by atoms with Crippen molar-refractivity contribution in [1.29, 1.82) is 0 Å². The molecule has 3 rings (SSSR count). The monoisotopic (exact) mass is 340 g/mol. The van der Waals surface area contributed by atoms with Crippen LogP contribution in [0.2, 0.25) is 0 Å². The first kappa shape index (κ1) is 15.1. The zero-order chi connectivity index (χ0) is 15.9. The molecule has 1 aromatic carbocycles. The van der Waals surface area contributed by atoms with Crippen LogP contribution in [0, 0.1) is 0 Å². The van der Waals surface area contributed by atoms with Gasteiger partial charge in [-0.1, -0.05) is 24.0 Å². The number of cyclic esters (lactones) is 1. The summed E-state index contributed by atoms with van der Waals surface area (Å²) in [5.41, 5.74) is 3.68. The van der Waals surface area contributed by atoms with Gasteiger partial charge in [0.25, 0.3) is 5.91 Å². The smallest absolute Gasteiger partial charge is 0.344 e. The molecule has 1 saturated heterocycles. The van der Waals surface area contributed by atoms with Crippen molar-refractivity contribution < 1.29 is 23.8 Å². The summed E-state index contributed by atoms with van der Waals surface area (Å²) in [7, 11) is 2.93. The van der Waals surface area contributed by atoms with Crippen LogP contribution in [0.15, 0.2) is 12.1 Å². The number of thiocarbonyl (C=S) groups is 1. The second-order valence-corrected chi connectivity index (χ2v) is 6.07. The molecule has 22 heavy (non-hydrogen) atoms. The molecule has 0 spiro atoms. The third-order valence-electron chi connectivity index (χ3n) is 3.29. The molecule has 1 N–H and O–H groups in total. The molecule has 0 aliphatic carbocycles. The number of benzene rings is 1. The van der Waals surface area contributed by atoms with E-state index in [-0.39, 0.29) is 17.2 Å². The summed E-state index contributed by atoms with van der Waals surface area (Å²) in [6.07, 6.45) is -0.803. The van der Waals surface area contributed by atoms with Gasteiger partial charge in [-0.3, -0.25) is 4.79 Å². The molecule has 2 aliphatic heterocycles. The lowest BCUT2D eigenvalue weighted by molar-refractivity contribution is -0.128. The molecule has 0 saturated carbocycles. The Kier molecular flexibility index (Phi) is 3.94. The fraction of sp³-hybridized carbons (Fsp3) is 0.308. The molecule has 0 unspecified atom stereocenters. The van der Waals surface area contributed by atoms with Crippen LogP contribution in [0.3, 0.4) is 0 Å². The van der Waals surface area contributed by atoms with Crippen molar-refractivity contribution in [2.45, 2.75) is 6.23 Å². The molecule has 1 aromatic rings. The van der Waals surface area contributed by atoms with Crippen LogP contribution in [0.25, 0.3) is 0 Å². The quantitative estimate of drug-likeness (QED) is 0.648. The number of carbonyl (C=O) groups excluding carboxylic acids is 2. The van der Waals surface area contributed by atoms with Crippen LogP contribution < -0.4 is 14.9 Å². The number of methoxy groups -OCH3 is 2. The molecule has 1 atom stereocenters. The van der Waals surface area contributed by atoms with Crippen LogP contribution in [0.4, 0.5) is 0 Å². The highest BCUT2D eigenvalue weighted by Crippen LogP contribution is 2.41. The second-order valence-electron chi connectivity index (χ2n) is 4.46. The summed E-state index contributed by atoms with van der Waals surface area (Å²) in [6, 6.07) is 3.36. The van der Waals surface area contributed by atoms with Gasteiger partial charge in [0.15, 0.2) is 22.0 Å². The Morgan fingerprint density at radius 3 is 2.73 bits per heavy atom. The van der Waals surface area contributed by atoms with E-state index in [1.807, 2.05) is 0 Å². The summed E-state index contributed by atoms with van der Waals surface area (Å²) < 4.78 is 16.1. The van der Waals surface area contributed by atoms with Crippen molar-refractivity contribution in [2.75, 3.05) is 20.0 Å². The van der Waals surface area contributed by atoms with Gasteiger partial charge < -0.3 is 14.2 Å². The Morgan fingerprint density at radius 2 is 2.14 bits per heavy atom. The Bertz CT molecular complexity index is 663. The molecule has 0 aromatic heterocycles. The van der Waals surface area contributed by atoms with E-state index in [2.05, 4.69) is 5.43 Å². The lowest BCUT2D eigenvalue weighted by atomic mass is 10.1. The Balaban J connectivity index is 1.95. The topological polar surface area (TPSA) is 77.1 Å². The van der Waals surface area contributed by atoms with Gasteiger partial charge in [0.2, 0.25) is 0 Å². The van der Waals surface area contributed by atoms with Crippen LogP contribution in [-0.4, -0.2) is 41.2 Å². The highest BCUT2D eigenvalue weighted by molar-refractivity contribution is 8.23. The SMILES string of the molecule is COc1ccc2c(c1OC)C(=O)O[C@H]2NN1C(=O)CSC1=S. The number of nitrogens with one attached hydrogen (secondary N) is 1. The first-order chi connectivity index (χ1) is 10.6. The Hall–Kier alpha value is -1.84. The Morgan fingerprint density at radius 1 is 1.36 bits per heavy atom. The molecule has 116 valence electrons. The van der Waals surface area contributed by atoms with E-state index >= 15 is 0 Å². The van der Waals surface area contributed by atoms with Gasteiger partial charge in [-0.15, -0.1) is 0 Å². The largest absolute Gasteiger partial charge is 0.493 e. The molecule has 2 aliphatic rings. The van der Waals surface area contributed by atoms with E-state index in [0.717, 1.165) is 0 Å². The van der Waals surface area contributed by atoms with Gasteiger partial charge >= 0.3 is 5.97 Å². The van der Waals surface area contributed by atoms with Crippen molar-refractivity contribution in [1.82, 2.24) is 10.4 Å². The zero-order valence-corrected chi connectivity index (χ0v) is 13.4. The maximum atomic E-state index is 12.1. The van der Waals surface area contributed by atoms with Gasteiger partial charge in [0.1, 0.15) is 5.56 Å². The second kappa shape index (κ2) is 5.75. The zero-order valence-electron chi connectivity index (χ0n) is 11.7. The fourth-order valence-electron chi connectivity index (χ4n) is 2.29. The predicted molar refractivity (Wildman–Crippen MR) is 82.7 cm³/mol. The molecule has 1 amide bonds. The minimum Gasteiger partial charge on any atom is -0.493 e. The van der Waals surface area contributed by atoms with E-state index in [0.29, 0.717) is 21.4 Å². The standard InChI is InChI=1S/C13H12N2O5S2/c1-18-7-4-3-6-9(10(7)19-2)12(17)20-11(6)14-15-8(16)5-22-13(15)21/h3-4,11,14H,5H2,1-2H3/t11-/m1/s1. The first-order valence-electron chi connectivity index (χ1n) is 6.28. The number of ether oxygens (including phenoxy) is 3. The maximum Gasteiger partial charge on any atom is 0.344 e. The van der Waals surface area contributed by atoms with Gasteiger partial charge in [-0.2, -0.15) is 5.43 Å². The van der Waals surface area contributed by atoms with E-state index < -0.39 is 12.2 Å². The first-order valence-corrected chi connectivity index (χ1v) is 7.68. The van der Waals surface area contributed by atoms with E-state index in [4.69, 9.17) is 26.4 Å². The number of thioether (sulfide) groups is 1. The molecule has 0 bridgehead atoms. The Labute approximate surface area is 135 Å². The lowest BCUT2D eigenvalue weighted by Crippen LogP contribution is -2.43. The number of nitrogens with zero attached hydrogens (tertiary/aromatic N) is 1.